The van der Waals surface area contributed by atoms with Gasteiger partial charge in [-0.3, -0.25) is 0 Å². The molecule has 2 unspecified atom stereocenters. The van der Waals surface area contributed by atoms with E-state index >= 15 is 0 Å². The van der Waals surface area contributed by atoms with Crippen LogP contribution < -0.4 is 0 Å². The summed E-state index contributed by atoms with van der Waals surface area (Å²) in [6, 6.07) is 0. The molecule has 2 bridgehead atoms. The average Bonchev–Trinajstić information content (AvgIpc) is 2.82. The van der Waals surface area contributed by atoms with Crippen molar-refractivity contribution in [3.05, 3.63) is 11.1 Å². The van der Waals surface area contributed by atoms with Crippen LogP contribution in [0.25, 0.3) is 0 Å². The highest BCUT2D eigenvalue weighted by Gasteiger charge is 2.75. The topological polar surface area (TPSA) is 20.2 Å². The van der Waals surface area contributed by atoms with Crippen molar-refractivity contribution < 1.29 is 44.6 Å². The Kier molecular flexibility index (Phi) is 3.36. The Labute approximate surface area is 112 Å². The maximum absolute atomic E-state index is 12.9. The average molecular weight is 328 g/mol. The van der Waals surface area contributed by atoms with Crippen LogP contribution in [-0.4, -0.2) is 29.2 Å². The molecule has 0 aliphatic heterocycles. The van der Waals surface area contributed by atoms with E-state index in [9.17, 15) is 44.6 Å². The Morgan fingerprint density at radius 2 is 1.10 bits per heavy atom. The van der Waals surface area contributed by atoms with Crippen molar-refractivity contribution in [1.82, 2.24) is 0 Å². The van der Waals surface area contributed by atoms with Crippen LogP contribution in [0.2, 0.25) is 0 Å². The van der Waals surface area contributed by atoms with Gasteiger partial charge < -0.3 is 5.11 Å². The number of hydrogen-bond donors (Lipinski definition) is 1. The third-order valence-electron chi connectivity index (χ3n) is 4.05. The maximum atomic E-state index is 12.9. The lowest BCUT2D eigenvalue weighted by Gasteiger charge is -2.38. The van der Waals surface area contributed by atoms with E-state index in [1.165, 1.54) is 0 Å². The van der Waals surface area contributed by atoms with E-state index in [2.05, 4.69) is 0 Å². The summed E-state index contributed by atoms with van der Waals surface area (Å²) < 4.78 is 115. The van der Waals surface area contributed by atoms with Crippen LogP contribution in [0.3, 0.4) is 0 Å². The second kappa shape index (κ2) is 4.30. The van der Waals surface area contributed by atoms with E-state index in [1.54, 1.807) is 0 Å². The van der Waals surface area contributed by atoms with E-state index in [-0.39, 0.29) is 12.8 Å². The molecule has 1 saturated carbocycles. The normalized spacial score (nSPS) is 27.7. The molecule has 0 aromatic heterocycles. The smallest absolute Gasteiger partial charge is 0.370 e. The molecule has 0 saturated heterocycles. The van der Waals surface area contributed by atoms with Crippen LogP contribution in [0.1, 0.15) is 19.3 Å². The number of aliphatic hydroxyl groups is 1. The monoisotopic (exact) mass is 328 g/mol. The van der Waals surface area contributed by atoms with Gasteiger partial charge in [0.1, 0.15) is 0 Å². The van der Waals surface area contributed by atoms with Crippen LogP contribution in [0.4, 0.5) is 39.5 Å². The Bertz CT molecular complexity index is 454. The van der Waals surface area contributed by atoms with E-state index in [0.717, 1.165) is 0 Å². The number of hydrogen-bond acceptors (Lipinski definition) is 1. The third-order valence-corrected chi connectivity index (χ3v) is 4.05. The lowest BCUT2D eigenvalue weighted by molar-refractivity contribution is -0.354. The molecule has 0 radical (unpaired) electrons. The summed E-state index contributed by atoms with van der Waals surface area (Å²) >= 11 is 0. The highest BCUT2D eigenvalue weighted by molar-refractivity contribution is 5.41. The summed E-state index contributed by atoms with van der Waals surface area (Å²) in [5.41, 5.74) is -9.29. The summed E-state index contributed by atoms with van der Waals surface area (Å²) in [5, 5.41) is 9.23. The van der Waals surface area contributed by atoms with E-state index < -0.39 is 53.5 Å². The summed E-state index contributed by atoms with van der Waals surface area (Å²) in [6.45, 7) is 0. The van der Waals surface area contributed by atoms with Gasteiger partial charge in [0.25, 0.3) is 5.60 Å². The zero-order valence-corrected chi connectivity index (χ0v) is 10.1. The fourth-order valence-electron chi connectivity index (χ4n) is 3.29. The Hall–Kier alpha value is -0.930. The summed E-state index contributed by atoms with van der Waals surface area (Å²) in [4.78, 5) is 0. The molecule has 0 spiro atoms. The van der Waals surface area contributed by atoms with Crippen molar-refractivity contribution in [2.75, 3.05) is 0 Å². The SMILES string of the molecule is OC(C1=C(C(F)(F)F)C2CCC1C2)(C(F)(F)F)C(F)(F)F. The van der Waals surface area contributed by atoms with E-state index in [0.29, 0.717) is 0 Å². The first-order valence-electron chi connectivity index (χ1n) is 5.88. The molecule has 0 aromatic carbocycles. The van der Waals surface area contributed by atoms with E-state index in [1.807, 2.05) is 0 Å². The fourth-order valence-corrected chi connectivity index (χ4v) is 3.29. The predicted octanol–water partition coefficient (Wildman–Crippen LogP) is 4.13. The molecule has 1 nitrogen and oxygen atoms in total. The number of rotatable bonds is 1. The summed E-state index contributed by atoms with van der Waals surface area (Å²) in [7, 11) is 0. The van der Waals surface area contributed by atoms with E-state index in [4.69, 9.17) is 0 Å². The number of alkyl halides is 9. The van der Waals surface area contributed by atoms with Crippen LogP contribution in [0.5, 0.6) is 0 Å². The van der Waals surface area contributed by atoms with Crippen molar-refractivity contribution in [3.63, 3.8) is 0 Å². The molecule has 0 aromatic rings. The van der Waals surface area contributed by atoms with Crippen molar-refractivity contribution in [1.29, 1.82) is 0 Å². The molecule has 0 amide bonds. The second-order valence-corrected chi connectivity index (χ2v) is 5.24. The number of halogens is 9. The standard InChI is InChI=1S/C11H9F9O/c12-9(13,14)7-5-2-1-4(3-5)6(7)8(21,10(15,16)17)11(18,19)20/h4-5,21H,1-3H2. The number of allylic oxidation sites excluding steroid dienone is 1. The van der Waals surface area contributed by atoms with Gasteiger partial charge in [0.05, 0.1) is 0 Å². The fraction of sp³-hybridized carbons (Fsp3) is 0.818. The number of fused-ring (bicyclic) bond motifs is 2. The zero-order chi connectivity index (χ0) is 16.4. The first-order valence-corrected chi connectivity index (χ1v) is 5.88. The molecule has 2 aliphatic carbocycles. The quantitative estimate of drug-likeness (QED) is 0.567. The molecule has 2 rings (SSSR count). The van der Waals surface area contributed by atoms with Gasteiger partial charge in [0.2, 0.25) is 0 Å². The highest BCUT2D eigenvalue weighted by Crippen LogP contribution is 2.61. The minimum Gasteiger partial charge on any atom is -0.370 e. The molecule has 2 aliphatic rings. The molecular weight excluding hydrogens is 319 g/mol. The van der Waals surface area contributed by atoms with Gasteiger partial charge in [-0.15, -0.1) is 0 Å². The lowest BCUT2D eigenvalue weighted by atomic mass is 9.79. The third kappa shape index (κ3) is 2.22. The molecule has 21 heavy (non-hydrogen) atoms. The van der Waals surface area contributed by atoms with Crippen molar-refractivity contribution >= 4 is 0 Å². The van der Waals surface area contributed by atoms with Gasteiger partial charge in [-0.05, 0) is 36.7 Å². The first-order chi connectivity index (χ1) is 9.21. The molecule has 10 heteroatoms. The second-order valence-electron chi connectivity index (χ2n) is 5.24. The minimum absolute atomic E-state index is 0.130. The maximum Gasteiger partial charge on any atom is 0.430 e. The lowest BCUT2D eigenvalue weighted by Crippen LogP contribution is -2.59. The van der Waals surface area contributed by atoms with Crippen LogP contribution in [0.15, 0.2) is 11.1 Å². The van der Waals surface area contributed by atoms with Crippen LogP contribution in [0, 0.1) is 11.8 Å². The summed E-state index contributed by atoms with van der Waals surface area (Å²) in [5.74, 6) is -2.97. The van der Waals surface area contributed by atoms with Gasteiger partial charge >= 0.3 is 18.5 Å². The predicted molar refractivity (Wildman–Crippen MR) is 51.0 cm³/mol. The van der Waals surface area contributed by atoms with Gasteiger partial charge in [-0.1, -0.05) is 0 Å². The highest BCUT2D eigenvalue weighted by atomic mass is 19.4. The molecule has 122 valence electrons. The van der Waals surface area contributed by atoms with Crippen molar-refractivity contribution in [3.8, 4) is 0 Å². The van der Waals surface area contributed by atoms with Crippen LogP contribution >= 0.6 is 0 Å². The largest absolute Gasteiger partial charge is 0.430 e. The molecule has 1 N–H and O–H groups in total. The Morgan fingerprint density at radius 1 is 0.714 bits per heavy atom. The first kappa shape index (κ1) is 16.4. The molecule has 0 heterocycles. The molecular formula is C11H9F9O. The van der Waals surface area contributed by atoms with Gasteiger partial charge in [0.15, 0.2) is 0 Å². The Balaban J connectivity index is 2.72. The van der Waals surface area contributed by atoms with Gasteiger partial charge in [0, 0.05) is 5.57 Å². The van der Waals surface area contributed by atoms with Gasteiger partial charge in [-0.2, -0.15) is 39.5 Å². The zero-order valence-electron chi connectivity index (χ0n) is 10.1. The molecule has 1 fully saturated rings. The van der Waals surface area contributed by atoms with Crippen molar-refractivity contribution in [2.24, 2.45) is 11.8 Å². The summed E-state index contributed by atoms with van der Waals surface area (Å²) in [6.07, 6.45) is -18.7. The van der Waals surface area contributed by atoms with Crippen molar-refractivity contribution in [2.45, 2.75) is 43.4 Å². The van der Waals surface area contributed by atoms with Gasteiger partial charge in [-0.25, -0.2) is 0 Å². The minimum atomic E-state index is -6.28. The molecule has 2 atom stereocenters. The Morgan fingerprint density at radius 3 is 1.43 bits per heavy atom. The van der Waals surface area contributed by atoms with Crippen LogP contribution in [-0.2, 0) is 0 Å².